The zero-order valence-corrected chi connectivity index (χ0v) is 12.3. The number of rotatable bonds is 5. The summed E-state index contributed by atoms with van der Waals surface area (Å²) in [6.07, 6.45) is 5.01. The second-order valence-corrected chi connectivity index (χ2v) is 6.13. The van der Waals surface area contributed by atoms with Gasteiger partial charge in [-0.2, -0.15) is 0 Å². The molecule has 0 aromatic heterocycles. The van der Waals surface area contributed by atoms with Crippen LogP contribution in [0.2, 0.25) is 0 Å². The van der Waals surface area contributed by atoms with Crippen molar-refractivity contribution in [2.24, 2.45) is 5.41 Å². The van der Waals surface area contributed by atoms with Gasteiger partial charge in [0.05, 0.1) is 5.41 Å². The van der Waals surface area contributed by atoms with Gasteiger partial charge in [-0.1, -0.05) is 18.9 Å². The molecule has 0 aliphatic heterocycles. The summed E-state index contributed by atoms with van der Waals surface area (Å²) in [5, 5.41) is 12.2. The number of hydrogen-bond acceptors (Lipinski definition) is 3. The van der Waals surface area contributed by atoms with Gasteiger partial charge in [0.2, 0.25) is 5.91 Å². The molecule has 2 N–H and O–H groups in total. The number of carbonyl (C=O) groups is 2. The van der Waals surface area contributed by atoms with Crippen molar-refractivity contribution in [2.45, 2.75) is 37.0 Å². The van der Waals surface area contributed by atoms with Crippen molar-refractivity contribution in [1.82, 2.24) is 0 Å². The fourth-order valence-electron chi connectivity index (χ4n) is 2.73. The van der Waals surface area contributed by atoms with Gasteiger partial charge in [-0.15, -0.1) is 11.8 Å². The molecule has 1 fully saturated rings. The average molecular weight is 293 g/mol. The fourth-order valence-corrected chi connectivity index (χ4v) is 3.19. The molecule has 0 heterocycles. The molecule has 0 radical (unpaired) electrons. The van der Waals surface area contributed by atoms with Gasteiger partial charge in [0.1, 0.15) is 0 Å². The number of hydrogen-bond donors (Lipinski definition) is 2. The summed E-state index contributed by atoms with van der Waals surface area (Å²) in [5.74, 6) is -1.06. The van der Waals surface area contributed by atoms with Crippen LogP contribution in [-0.4, -0.2) is 23.2 Å². The van der Waals surface area contributed by atoms with E-state index in [1.54, 1.807) is 11.8 Å². The fraction of sp³-hybridized carbons (Fsp3) is 0.467. The molecule has 0 atom stereocenters. The smallest absolute Gasteiger partial charge is 0.310 e. The van der Waals surface area contributed by atoms with Gasteiger partial charge >= 0.3 is 5.97 Å². The molecule has 1 aromatic rings. The first-order chi connectivity index (χ1) is 9.55. The summed E-state index contributed by atoms with van der Waals surface area (Å²) in [6, 6.07) is 7.56. The Balaban J connectivity index is 2.02. The topological polar surface area (TPSA) is 66.4 Å². The first-order valence-corrected chi connectivity index (χ1v) is 7.95. The Bertz CT molecular complexity index is 510. The Kier molecular flexibility index (Phi) is 4.70. The quantitative estimate of drug-likeness (QED) is 0.817. The Morgan fingerprint density at radius 1 is 1.35 bits per heavy atom. The van der Waals surface area contributed by atoms with Crippen LogP contribution >= 0.6 is 11.8 Å². The Labute approximate surface area is 123 Å². The Hall–Kier alpha value is -1.49. The van der Waals surface area contributed by atoms with E-state index in [1.165, 1.54) is 0 Å². The molecule has 1 saturated carbocycles. The van der Waals surface area contributed by atoms with Crippen LogP contribution < -0.4 is 5.32 Å². The third-order valence-electron chi connectivity index (χ3n) is 3.87. The molecule has 108 valence electrons. The molecule has 1 aromatic carbocycles. The van der Waals surface area contributed by atoms with Gasteiger partial charge in [0.15, 0.2) is 0 Å². The monoisotopic (exact) mass is 293 g/mol. The number of carboxylic acid groups (broad SMARTS) is 1. The van der Waals surface area contributed by atoms with Gasteiger partial charge in [0, 0.05) is 17.0 Å². The first-order valence-electron chi connectivity index (χ1n) is 6.73. The van der Waals surface area contributed by atoms with Crippen LogP contribution in [0, 0.1) is 5.41 Å². The highest BCUT2D eigenvalue weighted by Gasteiger charge is 2.42. The standard InChI is InChI=1S/C15H19NO3S/c1-20-12-6-4-5-11(9-12)16-13(17)10-15(14(18)19)7-2-3-8-15/h4-6,9H,2-3,7-8,10H2,1H3,(H,16,17)(H,18,19). The van der Waals surface area contributed by atoms with E-state index in [2.05, 4.69) is 5.32 Å². The van der Waals surface area contributed by atoms with E-state index in [4.69, 9.17) is 0 Å². The van der Waals surface area contributed by atoms with Crippen LogP contribution in [0.5, 0.6) is 0 Å². The molecule has 2 rings (SSSR count). The highest BCUT2D eigenvalue weighted by Crippen LogP contribution is 2.41. The molecular formula is C15H19NO3S. The second kappa shape index (κ2) is 6.31. The van der Waals surface area contributed by atoms with Crippen LogP contribution in [0.25, 0.3) is 0 Å². The minimum absolute atomic E-state index is 0.0613. The Morgan fingerprint density at radius 2 is 2.05 bits per heavy atom. The van der Waals surface area contributed by atoms with Crippen molar-refractivity contribution in [2.75, 3.05) is 11.6 Å². The lowest BCUT2D eigenvalue weighted by atomic mass is 9.82. The van der Waals surface area contributed by atoms with Gasteiger partial charge in [0.25, 0.3) is 0 Å². The maximum Gasteiger partial charge on any atom is 0.310 e. The van der Waals surface area contributed by atoms with Gasteiger partial charge in [-0.05, 0) is 37.3 Å². The minimum Gasteiger partial charge on any atom is -0.481 e. The molecule has 0 unspecified atom stereocenters. The van der Waals surface area contributed by atoms with Crippen LogP contribution in [0.4, 0.5) is 5.69 Å². The summed E-state index contributed by atoms with van der Waals surface area (Å²) in [5.41, 5.74) is -0.137. The van der Waals surface area contributed by atoms with Gasteiger partial charge in [-0.3, -0.25) is 9.59 Å². The number of nitrogens with one attached hydrogen (secondary N) is 1. The molecule has 1 aliphatic rings. The van der Waals surface area contributed by atoms with Crippen molar-refractivity contribution < 1.29 is 14.7 Å². The number of carbonyl (C=O) groups excluding carboxylic acids is 1. The van der Waals surface area contributed by atoms with E-state index >= 15 is 0 Å². The van der Waals surface area contributed by atoms with E-state index < -0.39 is 11.4 Å². The lowest BCUT2D eigenvalue weighted by molar-refractivity contribution is -0.150. The predicted molar refractivity (Wildman–Crippen MR) is 80.0 cm³/mol. The third kappa shape index (κ3) is 3.33. The van der Waals surface area contributed by atoms with E-state index in [1.807, 2.05) is 30.5 Å². The number of aliphatic carboxylic acids is 1. The SMILES string of the molecule is CSc1cccc(NC(=O)CC2(C(=O)O)CCCC2)c1. The molecule has 5 heteroatoms. The summed E-state index contributed by atoms with van der Waals surface area (Å²) in [7, 11) is 0. The summed E-state index contributed by atoms with van der Waals surface area (Å²) < 4.78 is 0. The maximum atomic E-state index is 12.1. The van der Waals surface area contributed by atoms with Crippen molar-refractivity contribution in [3.63, 3.8) is 0 Å². The van der Waals surface area contributed by atoms with Crippen LogP contribution in [0.1, 0.15) is 32.1 Å². The predicted octanol–water partition coefficient (Wildman–Crippen LogP) is 3.38. The molecule has 0 spiro atoms. The van der Waals surface area contributed by atoms with E-state index in [0.717, 1.165) is 23.4 Å². The zero-order valence-electron chi connectivity index (χ0n) is 11.5. The molecule has 1 aliphatic carbocycles. The van der Waals surface area contributed by atoms with Gasteiger partial charge < -0.3 is 10.4 Å². The minimum atomic E-state index is -0.860. The third-order valence-corrected chi connectivity index (χ3v) is 4.59. The number of anilines is 1. The molecule has 0 bridgehead atoms. The van der Waals surface area contributed by atoms with Crippen LogP contribution in [-0.2, 0) is 9.59 Å². The molecule has 20 heavy (non-hydrogen) atoms. The number of thioether (sulfide) groups is 1. The summed E-state index contributed by atoms with van der Waals surface area (Å²) in [6.45, 7) is 0. The molecule has 4 nitrogen and oxygen atoms in total. The van der Waals surface area contributed by atoms with Crippen LogP contribution in [0.3, 0.4) is 0 Å². The van der Waals surface area contributed by atoms with Crippen molar-refractivity contribution >= 4 is 29.3 Å². The van der Waals surface area contributed by atoms with Crippen molar-refractivity contribution in [1.29, 1.82) is 0 Å². The highest BCUT2D eigenvalue weighted by molar-refractivity contribution is 7.98. The number of benzene rings is 1. The lowest BCUT2D eigenvalue weighted by Gasteiger charge is -2.22. The Morgan fingerprint density at radius 3 is 2.65 bits per heavy atom. The average Bonchev–Trinajstić information content (AvgIpc) is 2.88. The first kappa shape index (κ1) is 14.9. The molecule has 0 saturated heterocycles. The lowest BCUT2D eigenvalue weighted by Crippen LogP contribution is -2.32. The molecule has 1 amide bonds. The highest BCUT2D eigenvalue weighted by atomic mass is 32.2. The summed E-state index contributed by atoms with van der Waals surface area (Å²) in [4.78, 5) is 24.6. The molecular weight excluding hydrogens is 274 g/mol. The van der Waals surface area contributed by atoms with E-state index in [0.29, 0.717) is 12.8 Å². The zero-order chi connectivity index (χ0) is 14.6. The normalized spacial score (nSPS) is 16.9. The van der Waals surface area contributed by atoms with Gasteiger partial charge in [-0.25, -0.2) is 0 Å². The van der Waals surface area contributed by atoms with E-state index in [-0.39, 0.29) is 12.3 Å². The second-order valence-electron chi connectivity index (χ2n) is 5.25. The largest absolute Gasteiger partial charge is 0.481 e. The van der Waals surface area contributed by atoms with Crippen molar-refractivity contribution in [3.8, 4) is 0 Å². The maximum absolute atomic E-state index is 12.1. The summed E-state index contributed by atoms with van der Waals surface area (Å²) >= 11 is 1.60. The van der Waals surface area contributed by atoms with Crippen LogP contribution in [0.15, 0.2) is 29.2 Å². The van der Waals surface area contributed by atoms with E-state index in [9.17, 15) is 14.7 Å². The van der Waals surface area contributed by atoms with Crippen molar-refractivity contribution in [3.05, 3.63) is 24.3 Å². The number of amides is 1. The number of carboxylic acids is 1.